The Morgan fingerprint density at radius 2 is 2.25 bits per heavy atom. The minimum atomic E-state index is 0.0644. The number of ether oxygens (including phenoxy) is 1. The third-order valence-electron chi connectivity index (χ3n) is 3.15. The highest BCUT2D eigenvalue weighted by Gasteiger charge is 2.20. The Balaban J connectivity index is 2.10. The molecule has 0 saturated carbocycles. The second-order valence-corrected chi connectivity index (χ2v) is 4.35. The molecule has 0 aromatic rings. The van der Waals surface area contributed by atoms with E-state index in [0.717, 1.165) is 5.57 Å². The Labute approximate surface area is 96.1 Å². The van der Waals surface area contributed by atoms with Crippen LogP contribution in [0.1, 0.15) is 13.8 Å². The molecule has 3 nitrogen and oxygen atoms in total. The number of amides is 1. The van der Waals surface area contributed by atoms with Gasteiger partial charge in [0.25, 0.3) is 5.91 Å². The number of hydrogen-bond donors (Lipinski definition) is 0. The Morgan fingerprint density at radius 1 is 1.44 bits per heavy atom. The van der Waals surface area contributed by atoms with E-state index in [0.29, 0.717) is 25.0 Å². The minimum absolute atomic E-state index is 0.0644. The standard InChI is InChI=1S/C13H17NO2/c1-10-3-4-12(9-11(10)2)13(15)14-5-7-16-8-6-14/h3-5,7,9-11H,6,8H2,1-2H3. The summed E-state index contributed by atoms with van der Waals surface area (Å²) in [6, 6.07) is 0. The molecule has 16 heavy (non-hydrogen) atoms. The van der Waals surface area contributed by atoms with Crippen molar-refractivity contribution in [3.8, 4) is 0 Å². The maximum Gasteiger partial charge on any atom is 0.257 e. The molecule has 1 heterocycles. The van der Waals surface area contributed by atoms with E-state index in [1.807, 2.05) is 6.08 Å². The summed E-state index contributed by atoms with van der Waals surface area (Å²) in [6.07, 6.45) is 9.35. The fraction of sp³-hybridized carbons (Fsp3) is 0.462. The average Bonchev–Trinajstić information content (AvgIpc) is 2.33. The first-order valence-electron chi connectivity index (χ1n) is 5.68. The quantitative estimate of drug-likeness (QED) is 0.675. The molecule has 1 aliphatic carbocycles. The van der Waals surface area contributed by atoms with Crippen LogP contribution in [0, 0.1) is 11.8 Å². The van der Waals surface area contributed by atoms with Gasteiger partial charge in [0, 0.05) is 11.8 Å². The third kappa shape index (κ3) is 2.18. The lowest BCUT2D eigenvalue weighted by atomic mass is 9.88. The summed E-state index contributed by atoms with van der Waals surface area (Å²) in [5.41, 5.74) is 0.789. The lowest BCUT2D eigenvalue weighted by Gasteiger charge is -2.24. The molecular formula is C13H17NO2. The molecule has 0 N–H and O–H groups in total. The minimum Gasteiger partial charge on any atom is -0.498 e. The summed E-state index contributed by atoms with van der Waals surface area (Å²) in [7, 11) is 0. The van der Waals surface area contributed by atoms with E-state index >= 15 is 0 Å². The summed E-state index contributed by atoms with van der Waals surface area (Å²) in [6.45, 7) is 5.50. The van der Waals surface area contributed by atoms with Gasteiger partial charge >= 0.3 is 0 Å². The zero-order valence-corrected chi connectivity index (χ0v) is 9.72. The number of hydrogen-bond acceptors (Lipinski definition) is 2. The molecule has 3 heteroatoms. The average molecular weight is 219 g/mol. The van der Waals surface area contributed by atoms with E-state index in [4.69, 9.17) is 4.74 Å². The third-order valence-corrected chi connectivity index (χ3v) is 3.15. The predicted octanol–water partition coefficient (Wildman–Crippen LogP) is 2.08. The van der Waals surface area contributed by atoms with Gasteiger partial charge in [0.1, 0.15) is 6.61 Å². The van der Waals surface area contributed by atoms with Crippen LogP contribution in [0.4, 0.5) is 0 Å². The van der Waals surface area contributed by atoms with Gasteiger partial charge in [-0.3, -0.25) is 4.79 Å². The SMILES string of the molecule is CC1C=CC(C(=O)N2C=COCC2)=CC1C. The van der Waals surface area contributed by atoms with Crippen LogP contribution >= 0.6 is 0 Å². The van der Waals surface area contributed by atoms with Gasteiger partial charge in [0.15, 0.2) is 0 Å². The first-order chi connectivity index (χ1) is 7.68. The zero-order valence-electron chi connectivity index (χ0n) is 9.72. The van der Waals surface area contributed by atoms with E-state index in [1.54, 1.807) is 17.4 Å². The molecule has 86 valence electrons. The monoisotopic (exact) mass is 219 g/mol. The number of allylic oxidation sites excluding steroid dienone is 2. The first-order valence-corrected chi connectivity index (χ1v) is 5.68. The summed E-state index contributed by atoms with van der Waals surface area (Å²) in [4.78, 5) is 13.8. The van der Waals surface area contributed by atoms with Crippen LogP contribution in [0.5, 0.6) is 0 Å². The van der Waals surface area contributed by atoms with Crippen molar-refractivity contribution < 1.29 is 9.53 Å². The van der Waals surface area contributed by atoms with Gasteiger partial charge in [0.05, 0.1) is 12.8 Å². The molecule has 0 saturated heterocycles. The molecule has 2 aliphatic rings. The molecular weight excluding hydrogens is 202 g/mol. The van der Waals surface area contributed by atoms with Crippen LogP contribution in [0.3, 0.4) is 0 Å². The molecule has 2 unspecified atom stereocenters. The molecule has 0 spiro atoms. The van der Waals surface area contributed by atoms with Gasteiger partial charge in [-0.2, -0.15) is 0 Å². The van der Waals surface area contributed by atoms with Gasteiger partial charge in [-0.1, -0.05) is 32.1 Å². The lowest BCUT2D eigenvalue weighted by Crippen LogP contribution is -2.32. The molecule has 0 aromatic heterocycles. The van der Waals surface area contributed by atoms with Gasteiger partial charge in [-0.25, -0.2) is 0 Å². The molecule has 1 amide bonds. The summed E-state index contributed by atoms with van der Waals surface area (Å²) >= 11 is 0. The van der Waals surface area contributed by atoms with Crippen LogP contribution in [0.15, 0.2) is 36.3 Å². The highest BCUT2D eigenvalue weighted by atomic mass is 16.5. The first kappa shape index (κ1) is 11.0. The van der Waals surface area contributed by atoms with E-state index < -0.39 is 0 Å². The molecule has 0 bridgehead atoms. The molecule has 0 aromatic carbocycles. The van der Waals surface area contributed by atoms with Gasteiger partial charge in [-0.15, -0.1) is 0 Å². The van der Waals surface area contributed by atoms with Gasteiger partial charge in [0.2, 0.25) is 0 Å². The number of carbonyl (C=O) groups is 1. The van der Waals surface area contributed by atoms with Crippen molar-refractivity contribution in [2.45, 2.75) is 13.8 Å². The molecule has 0 radical (unpaired) electrons. The molecule has 1 aliphatic heterocycles. The van der Waals surface area contributed by atoms with Gasteiger partial charge < -0.3 is 9.64 Å². The van der Waals surface area contributed by atoms with Crippen molar-refractivity contribution in [2.75, 3.05) is 13.2 Å². The van der Waals surface area contributed by atoms with Crippen molar-refractivity contribution in [3.63, 3.8) is 0 Å². The van der Waals surface area contributed by atoms with Crippen molar-refractivity contribution in [1.29, 1.82) is 0 Å². The smallest absolute Gasteiger partial charge is 0.257 e. The predicted molar refractivity (Wildman–Crippen MR) is 62.4 cm³/mol. The van der Waals surface area contributed by atoms with E-state index in [1.165, 1.54) is 0 Å². The maximum absolute atomic E-state index is 12.1. The van der Waals surface area contributed by atoms with Crippen LogP contribution < -0.4 is 0 Å². The van der Waals surface area contributed by atoms with Crippen molar-refractivity contribution in [1.82, 2.24) is 4.90 Å². The Kier molecular flexibility index (Phi) is 3.13. The Bertz CT molecular complexity index is 368. The fourth-order valence-electron chi connectivity index (χ4n) is 1.81. The van der Waals surface area contributed by atoms with E-state index in [2.05, 4.69) is 26.0 Å². The molecule has 2 rings (SSSR count). The summed E-state index contributed by atoms with van der Waals surface area (Å²) in [5, 5.41) is 0. The van der Waals surface area contributed by atoms with Crippen molar-refractivity contribution in [3.05, 3.63) is 36.3 Å². The van der Waals surface area contributed by atoms with Crippen molar-refractivity contribution in [2.24, 2.45) is 11.8 Å². The number of rotatable bonds is 1. The second-order valence-electron chi connectivity index (χ2n) is 4.35. The highest BCUT2D eigenvalue weighted by Crippen LogP contribution is 2.23. The second kappa shape index (κ2) is 4.56. The topological polar surface area (TPSA) is 29.5 Å². The lowest BCUT2D eigenvalue weighted by molar-refractivity contribution is -0.125. The largest absolute Gasteiger partial charge is 0.498 e. The van der Waals surface area contributed by atoms with Crippen LogP contribution in [0.25, 0.3) is 0 Å². The van der Waals surface area contributed by atoms with Crippen LogP contribution in [-0.4, -0.2) is 24.0 Å². The summed E-state index contributed by atoms with van der Waals surface area (Å²) in [5.74, 6) is 1.00. The maximum atomic E-state index is 12.1. The Morgan fingerprint density at radius 3 is 2.88 bits per heavy atom. The zero-order chi connectivity index (χ0) is 11.5. The van der Waals surface area contributed by atoms with E-state index in [-0.39, 0.29) is 5.91 Å². The Hall–Kier alpha value is -1.51. The fourth-order valence-corrected chi connectivity index (χ4v) is 1.81. The number of carbonyl (C=O) groups excluding carboxylic acids is 1. The van der Waals surface area contributed by atoms with Crippen LogP contribution in [0.2, 0.25) is 0 Å². The molecule has 2 atom stereocenters. The molecule has 0 fully saturated rings. The highest BCUT2D eigenvalue weighted by molar-refractivity contribution is 5.97. The van der Waals surface area contributed by atoms with Crippen LogP contribution in [-0.2, 0) is 9.53 Å². The number of nitrogens with zero attached hydrogens (tertiary/aromatic N) is 1. The summed E-state index contributed by atoms with van der Waals surface area (Å²) < 4.78 is 5.06. The normalized spacial score (nSPS) is 28.6. The van der Waals surface area contributed by atoms with Crippen molar-refractivity contribution >= 4 is 5.91 Å². The van der Waals surface area contributed by atoms with E-state index in [9.17, 15) is 4.79 Å². The van der Waals surface area contributed by atoms with Gasteiger partial charge in [-0.05, 0) is 11.8 Å².